The number of benzene rings is 1. The van der Waals surface area contributed by atoms with Gasteiger partial charge in [-0.25, -0.2) is 9.59 Å². The SMILES string of the molecule is CC(C)(C)Oc1ccc(CC(N=C=O)C(=O)O)cc1. The topological polar surface area (TPSA) is 76.0 Å². The lowest BCUT2D eigenvalue weighted by Gasteiger charge is -2.21. The first-order chi connectivity index (χ1) is 8.81. The number of carbonyl (C=O) groups is 1. The summed E-state index contributed by atoms with van der Waals surface area (Å²) in [6, 6.07) is 5.97. The van der Waals surface area contributed by atoms with Crippen LogP contribution < -0.4 is 4.74 Å². The van der Waals surface area contributed by atoms with Gasteiger partial charge >= 0.3 is 5.97 Å². The third-order valence-electron chi connectivity index (χ3n) is 2.27. The summed E-state index contributed by atoms with van der Waals surface area (Å²) in [6.45, 7) is 5.83. The largest absolute Gasteiger partial charge is 0.488 e. The second-order valence-corrected chi connectivity index (χ2v) is 5.14. The van der Waals surface area contributed by atoms with E-state index in [1.165, 1.54) is 6.08 Å². The Labute approximate surface area is 111 Å². The van der Waals surface area contributed by atoms with Crippen LogP contribution in [-0.4, -0.2) is 28.8 Å². The van der Waals surface area contributed by atoms with Gasteiger partial charge in [0.25, 0.3) is 0 Å². The van der Waals surface area contributed by atoms with Crippen LogP contribution in [0.25, 0.3) is 0 Å². The number of isocyanates is 1. The molecule has 5 nitrogen and oxygen atoms in total. The van der Waals surface area contributed by atoms with Crippen LogP contribution in [0.15, 0.2) is 29.3 Å². The first kappa shape index (κ1) is 14.9. The summed E-state index contributed by atoms with van der Waals surface area (Å²) >= 11 is 0. The van der Waals surface area contributed by atoms with Crippen LogP contribution in [0.2, 0.25) is 0 Å². The van der Waals surface area contributed by atoms with Crippen LogP contribution in [0.1, 0.15) is 26.3 Å². The van der Waals surface area contributed by atoms with Gasteiger partial charge in [-0.2, -0.15) is 4.99 Å². The van der Waals surface area contributed by atoms with Gasteiger partial charge in [0.05, 0.1) is 0 Å². The van der Waals surface area contributed by atoms with Crippen molar-refractivity contribution in [1.82, 2.24) is 0 Å². The minimum absolute atomic E-state index is 0.153. The molecule has 0 heterocycles. The van der Waals surface area contributed by atoms with Crippen molar-refractivity contribution in [2.24, 2.45) is 4.99 Å². The van der Waals surface area contributed by atoms with Gasteiger partial charge in [0.1, 0.15) is 11.4 Å². The molecule has 0 spiro atoms. The van der Waals surface area contributed by atoms with Crippen molar-refractivity contribution in [3.8, 4) is 5.75 Å². The Morgan fingerprint density at radius 1 is 1.37 bits per heavy atom. The van der Waals surface area contributed by atoms with E-state index in [0.29, 0.717) is 5.75 Å². The number of aliphatic carboxylic acids is 1. The van der Waals surface area contributed by atoms with Crippen molar-refractivity contribution in [3.05, 3.63) is 29.8 Å². The van der Waals surface area contributed by atoms with Crippen LogP contribution in [0.3, 0.4) is 0 Å². The Balaban J connectivity index is 2.76. The Bertz CT molecular complexity index is 479. The molecule has 1 aromatic carbocycles. The van der Waals surface area contributed by atoms with E-state index in [0.717, 1.165) is 5.56 Å². The molecule has 102 valence electrons. The van der Waals surface area contributed by atoms with Crippen molar-refractivity contribution in [1.29, 1.82) is 0 Å². The highest BCUT2D eigenvalue weighted by Gasteiger charge is 2.17. The quantitative estimate of drug-likeness (QED) is 0.652. The minimum Gasteiger partial charge on any atom is -0.488 e. The van der Waals surface area contributed by atoms with Gasteiger partial charge in [0.2, 0.25) is 6.08 Å². The zero-order valence-corrected chi connectivity index (χ0v) is 11.2. The lowest BCUT2D eigenvalue weighted by atomic mass is 10.1. The molecule has 0 aliphatic carbocycles. The van der Waals surface area contributed by atoms with E-state index in [9.17, 15) is 9.59 Å². The molecule has 1 aromatic rings. The molecule has 1 rings (SSSR count). The number of rotatable bonds is 5. The Kier molecular flexibility index (Phi) is 4.84. The van der Waals surface area contributed by atoms with Gasteiger partial charge in [-0.1, -0.05) is 12.1 Å². The monoisotopic (exact) mass is 263 g/mol. The average Bonchev–Trinajstić information content (AvgIpc) is 2.29. The third-order valence-corrected chi connectivity index (χ3v) is 2.27. The smallest absolute Gasteiger partial charge is 0.329 e. The minimum atomic E-state index is -1.14. The van der Waals surface area contributed by atoms with Crippen LogP contribution >= 0.6 is 0 Å². The van der Waals surface area contributed by atoms with Gasteiger partial charge in [0, 0.05) is 6.42 Å². The number of hydrogen-bond acceptors (Lipinski definition) is 4. The Morgan fingerprint density at radius 2 is 1.95 bits per heavy atom. The maximum Gasteiger partial charge on any atom is 0.329 e. The fourth-order valence-electron chi connectivity index (χ4n) is 1.52. The predicted octanol–water partition coefficient (Wildman–Crippen LogP) is 2.20. The molecule has 1 N–H and O–H groups in total. The summed E-state index contributed by atoms with van der Waals surface area (Å²) < 4.78 is 5.65. The maximum atomic E-state index is 10.9. The molecule has 5 heteroatoms. The summed E-state index contributed by atoms with van der Waals surface area (Å²) in [5, 5.41) is 8.88. The second-order valence-electron chi connectivity index (χ2n) is 5.14. The van der Waals surface area contributed by atoms with Crippen LogP contribution in [0, 0.1) is 0 Å². The van der Waals surface area contributed by atoms with E-state index < -0.39 is 12.0 Å². The molecule has 0 radical (unpaired) electrons. The zero-order valence-electron chi connectivity index (χ0n) is 11.2. The molecule has 19 heavy (non-hydrogen) atoms. The number of carboxylic acids is 1. The molecule has 1 unspecified atom stereocenters. The van der Waals surface area contributed by atoms with Gasteiger partial charge in [-0.15, -0.1) is 0 Å². The molecule has 0 saturated heterocycles. The van der Waals surface area contributed by atoms with Gasteiger partial charge in [0.15, 0.2) is 6.04 Å². The molecule has 0 bridgehead atoms. The van der Waals surface area contributed by atoms with Gasteiger partial charge in [-0.3, -0.25) is 0 Å². The summed E-state index contributed by atoms with van der Waals surface area (Å²) in [7, 11) is 0. The standard InChI is InChI=1S/C14H17NO4/c1-14(2,3)19-11-6-4-10(5-7-11)8-12(13(17)18)15-9-16/h4-7,12H,8H2,1-3H3,(H,17,18). The molecule has 0 aliphatic rings. The number of carboxylic acid groups (broad SMARTS) is 1. The van der Waals surface area contributed by atoms with Crippen molar-refractivity contribution in [3.63, 3.8) is 0 Å². The maximum absolute atomic E-state index is 10.9. The van der Waals surface area contributed by atoms with Gasteiger partial charge < -0.3 is 9.84 Å². The molecule has 1 atom stereocenters. The first-order valence-electron chi connectivity index (χ1n) is 5.89. The fraction of sp³-hybridized carbons (Fsp3) is 0.429. The van der Waals surface area contributed by atoms with E-state index in [1.807, 2.05) is 20.8 Å². The van der Waals surface area contributed by atoms with E-state index in [2.05, 4.69) is 4.99 Å². The molecule has 0 aliphatic heterocycles. The van der Waals surface area contributed by atoms with E-state index in [4.69, 9.17) is 9.84 Å². The summed E-state index contributed by atoms with van der Waals surface area (Å²) in [6.07, 6.45) is 1.43. The number of nitrogens with zero attached hydrogens (tertiary/aromatic N) is 1. The Morgan fingerprint density at radius 3 is 2.37 bits per heavy atom. The van der Waals surface area contributed by atoms with Gasteiger partial charge in [-0.05, 0) is 38.5 Å². The Hall–Kier alpha value is -2.13. The molecular formula is C14H17NO4. The van der Waals surface area contributed by atoms with Crippen molar-refractivity contribution in [2.75, 3.05) is 0 Å². The lowest BCUT2D eigenvalue weighted by Crippen LogP contribution is -2.23. The van der Waals surface area contributed by atoms with Crippen molar-refractivity contribution >= 4 is 12.0 Å². The predicted molar refractivity (Wildman–Crippen MR) is 70.1 cm³/mol. The molecule has 0 saturated carbocycles. The fourth-order valence-corrected chi connectivity index (χ4v) is 1.52. The summed E-state index contributed by atoms with van der Waals surface area (Å²) in [5.41, 5.74) is 0.486. The second kappa shape index (κ2) is 6.16. The van der Waals surface area contributed by atoms with E-state index >= 15 is 0 Å². The summed E-state index contributed by atoms with van der Waals surface area (Å²) in [5.74, 6) is -0.430. The molecule has 0 amide bonds. The van der Waals surface area contributed by atoms with Crippen LogP contribution in [-0.2, 0) is 16.0 Å². The normalized spacial score (nSPS) is 12.4. The number of aliphatic imine (C=N–C) groups is 1. The highest BCUT2D eigenvalue weighted by molar-refractivity contribution is 5.75. The van der Waals surface area contributed by atoms with Crippen LogP contribution in [0.4, 0.5) is 0 Å². The highest BCUT2D eigenvalue weighted by atomic mass is 16.5. The molecular weight excluding hydrogens is 246 g/mol. The highest BCUT2D eigenvalue weighted by Crippen LogP contribution is 2.19. The first-order valence-corrected chi connectivity index (χ1v) is 5.89. The molecule has 0 fully saturated rings. The van der Waals surface area contributed by atoms with E-state index in [1.54, 1.807) is 24.3 Å². The van der Waals surface area contributed by atoms with Crippen molar-refractivity contribution in [2.45, 2.75) is 38.8 Å². The average molecular weight is 263 g/mol. The molecule has 0 aromatic heterocycles. The van der Waals surface area contributed by atoms with Crippen LogP contribution in [0.5, 0.6) is 5.75 Å². The van der Waals surface area contributed by atoms with E-state index in [-0.39, 0.29) is 12.0 Å². The number of hydrogen-bond donors (Lipinski definition) is 1. The summed E-state index contributed by atoms with van der Waals surface area (Å²) in [4.78, 5) is 24.3. The van der Waals surface area contributed by atoms with Crippen molar-refractivity contribution < 1.29 is 19.4 Å². The third kappa shape index (κ3) is 5.36. The zero-order chi connectivity index (χ0) is 14.5. The number of carbonyl (C=O) groups excluding carboxylic acids is 1. The lowest BCUT2D eigenvalue weighted by molar-refractivity contribution is -0.138. The number of ether oxygens (including phenoxy) is 1.